The van der Waals surface area contributed by atoms with Crippen molar-refractivity contribution >= 4 is 22.9 Å². The summed E-state index contributed by atoms with van der Waals surface area (Å²) in [5, 5.41) is 5.29. The highest BCUT2D eigenvalue weighted by molar-refractivity contribution is 8.14. The number of rotatable bonds is 4. The molecule has 0 radical (unpaired) electrons. The van der Waals surface area contributed by atoms with Gasteiger partial charge in [-0.25, -0.2) is 0 Å². The van der Waals surface area contributed by atoms with Crippen molar-refractivity contribution in [3.63, 3.8) is 0 Å². The Morgan fingerprint density at radius 1 is 1.73 bits per heavy atom. The van der Waals surface area contributed by atoms with Gasteiger partial charge in [0.1, 0.15) is 6.04 Å². The van der Waals surface area contributed by atoms with Crippen LogP contribution in [-0.2, 0) is 4.79 Å². The van der Waals surface area contributed by atoms with Gasteiger partial charge in [0.05, 0.1) is 0 Å². The SMILES string of the molecule is CC(C)C(CN)NC(=O)C1CSC(=O)N1. The van der Waals surface area contributed by atoms with E-state index in [1.54, 1.807) is 0 Å². The molecule has 1 rings (SSSR count). The van der Waals surface area contributed by atoms with E-state index in [4.69, 9.17) is 5.73 Å². The third kappa shape index (κ3) is 3.39. The van der Waals surface area contributed by atoms with E-state index in [0.29, 0.717) is 18.2 Å². The van der Waals surface area contributed by atoms with Crippen molar-refractivity contribution in [2.24, 2.45) is 11.7 Å². The number of amides is 2. The monoisotopic (exact) mass is 231 g/mol. The summed E-state index contributed by atoms with van der Waals surface area (Å²) in [5.74, 6) is 0.654. The molecule has 6 heteroatoms. The molecular formula is C9H17N3O2S. The van der Waals surface area contributed by atoms with Gasteiger partial charge in [0, 0.05) is 18.3 Å². The lowest BCUT2D eigenvalue weighted by atomic mass is 10.0. The first kappa shape index (κ1) is 12.3. The summed E-state index contributed by atoms with van der Waals surface area (Å²) in [6.45, 7) is 4.41. The maximum atomic E-state index is 11.7. The molecule has 1 saturated heterocycles. The number of carbonyl (C=O) groups excluding carboxylic acids is 2. The zero-order valence-corrected chi connectivity index (χ0v) is 9.76. The van der Waals surface area contributed by atoms with E-state index in [2.05, 4.69) is 10.6 Å². The van der Waals surface area contributed by atoms with Crippen LogP contribution >= 0.6 is 11.8 Å². The van der Waals surface area contributed by atoms with Gasteiger partial charge in [0.2, 0.25) is 5.91 Å². The van der Waals surface area contributed by atoms with Crippen LogP contribution in [-0.4, -0.2) is 35.5 Å². The Bertz CT molecular complexity index is 258. The molecule has 2 amide bonds. The van der Waals surface area contributed by atoms with E-state index in [9.17, 15) is 9.59 Å². The number of thioether (sulfide) groups is 1. The number of nitrogens with one attached hydrogen (secondary N) is 2. The highest BCUT2D eigenvalue weighted by Gasteiger charge is 2.29. The second-order valence-electron chi connectivity index (χ2n) is 3.89. The summed E-state index contributed by atoms with van der Waals surface area (Å²) in [6.07, 6.45) is 0. The summed E-state index contributed by atoms with van der Waals surface area (Å²) in [7, 11) is 0. The van der Waals surface area contributed by atoms with Gasteiger partial charge in [0.25, 0.3) is 5.24 Å². The molecule has 0 saturated carbocycles. The van der Waals surface area contributed by atoms with E-state index in [1.165, 1.54) is 0 Å². The molecule has 0 aromatic heterocycles. The highest BCUT2D eigenvalue weighted by atomic mass is 32.2. The number of hydrogen-bond acceptors (Lipinski definition) is 4. The molecule has 0 aromatic rings. The first-order valence-electron chi connectivity index (χ1n) is 4.98. The fourth-order valence-corrected chi connectivity index (χ4v) is 2.09. The molecule has 15 heavy (non-hydrogen) atoms. The largest absolute Gasteiger partial charge is 0.350 e. The van der Waals surface area contributed by atoms with Crippen LogP contribution in [0.25, 0.3) is 0 Å². The van der Waals surface area contributed by atoms with Gasteiger partial charge in [-0.15, -0.1) is 0 Å². The van der Waals surface area contributed by atoms with E-state index in [1.807, 2.05) is 13.8 Å². The van der Waals surface area contributed by atoms with Gasteiger partial charge >= 0.3 is 0 Å². The molecule has 0 bridgehead atoms. The first-order valence-corrected chi connectivity index (χ1v) is 5.97. The van der Waals surface area contributed by atoms with E-state index < -0.39 is 6.04 Å². The van der Waals surface area contributed by atoms with Gasteiger partial charge in [-0.05, 0) is 5.92 Å². The van der Waals surface area contributed by atoms with Crippen molar-refractivity contribution in [2.45, 2.75) is 25.9 Å². The minimum atomic E-state index is -0.407. The van der Waals surface area contributed by atoms with Crippen molar-refractivity contribution < 1.29 is 9.59 Å². The average molecular weight is 231 g/mol. The molecule has 5 nitrogen and oxygen atoms in total. The molecule has 1 heterocycles. The first-order chi connectivity index (χ1) is 7.04. The molecule has 2 atom stereocenters. The van der Waals surface area contributed by atoms with Crippen molar-refractivity contribution in [2.75, 3.05) is 12.3 Å². The van der Waals surface area contributed by atoms with Crippen molar-refractivity contribution in [3.8, 4) is 0 Å². The molecule has 4 N–H and O–H groups in total. The number of hydrogen-bond donors (Lipinski definition) is 3. The van der Waals surface area contributed by atoms with Crippen LogP contribution in [0.3, 0.4) is 0 Å². The molecule has 1 aliphatic rings. The third-order valence-electron chi connectivity index (χ3n) is 2.38. The second-order valence-corrected chi connectivity index (χ2v) is 4.88. The van der Waals surface area contributed by atoms with Crippen LogP contribution in [0.5, 0.6) is 0 Å². The minimum absolute atomic E-state index is 0.0278. The topological polar surface area (TPSA) is 84.2 Å². The second kappa shape index (κ2) is 5.37. The minimum Gasteiger partial charge on any atom is -0.350 e. The molecule has 2 unspecified atom stereocenters. The van der Waals surface area contributed by atoms with Crippen LogP contribution < -0.4 is 16.4 Å². The predicted molar refractivity (Wildman–Crippen MR) is 60.6 cm³/mol. The molecule has 0 aliphatic carbocycles. The smallest absolute Gasteiger partial charge is 0.279 e. The van der Waals surface area contributed by atoms with E-state index >= 15 is 0 Å². The van der Waals surface area contributed by atoms with Crippen LogP contribution in [0.4, 0.5) is 4.79 Å². The lowest BCUT2D eigenvalue weighted by molar-refractivity contribution is -0.123. The summed E-state index contributed by atoms with van der Waals surface area (Å²) in [6, 6.07) is -0.435. The van der Waals surface area contributed by atoms with Crippen molar-refractivity contribution in [1.29, 1.82) is 0 Å². The predicted octanol–water partition coefficient (Wildman–Crippen LogP) is -0.0891. The lowest BCUT2D eigenvalue weighted by Gasteiger charge is -2.22. The van der Waals surface area contributed by atoms with Crippen LogP contribution in [0.1, 0.15) is 13.8 Å². The van der Waals surface area contributed by atoms with Crippen LogP contribution in [0, 0.1) is 5.92 Å². The van der Waals surface area contributed by atoms with Gasteiger partial charge in [-0.3, -0.25) is 9.59 Å². The van der Waals surface area contributed by atoms with Gasteiger partial charge < -0.3 is 16.4 Å². The van der Waals surface area contributed by atoms with Crippen molar-refractivity contribution in [1.82, 2.24) is 10.6 Å². The van der Waals surface area contributed by atoms with Gasteiger partial charge in [-0.1, -0.05) is 25.6 Å². The third-order valence-corrected chi connectivity index (χ3v) is 3.26. The molecule has 0 spiro atoms. The quantitative estimate of drug-likeness (QED) is 0.631. The Morgan fingerprint density at radius 3 is 2.80 bits per heavy atom. The molecule has 1 aliphatic heterocycles. The standard InChI is InChI=1S/C9H17N3O2S/c1-5(2)6(3-10)11-8(13)7-4-15-9(14)12-7/h5-7H,3-4,10H2,1-2H3,(H,11,13)(H,12,14). The van der Waals surface area contributed by atoms with Crippen LogP contribution in [0.15, 0.2) is 0 Å². The number of carbonyl (C=O) groups is 2. The Labute approximate surface area is 93.5 Å². The molecule has 86 valence electrons. The number of nitrogens with two attached hydrogens (primary N) is 1. The normalized spacial score (nSPS) is 22.7. The summed E-state index contributed by atoms with van der Waals surface area (Å²) < 4.78 is 0. The Kier molecular flexibility index (Phi) is 4.41. The average Bonchev–Trinajstić information content (AvgIpc) is 2.60. The van der Waals surface area contributed by atoms with E-state index in [0.717, 1.165) is 11.8 Å². The fraction of sp³-hybridized carbons (Fsp3) is 0.778. The lowest BCUT2D eigenvalue weighted by Crippen LogP contribution is -2.51. The summed E-state index contributed by atoms with van der Waals surface area (Å²) in [4.78, 5) is 22.6. The summed E-state index contributed by atoms with van der Waals surface area (Å²) in [5.41, 5.74) is 5.54. The molecule has 0 aromatic carbocycles. The van der Waals surface area contributed by atoms with E-state index in [-0.39, 0.29) is 17.2 Å². The molecule has 1 fully saturated rings. The zero-order valence-electron chi connectivity index (χ0n) is 8.95. The fourth-order valence-electron chi connectivity index (χ4n) is 1.31. The maximum absolute atomic E-state index is 11.7. The van der Waals surface area contributed by atoms with Gasteiger partial charge in [0.15, 0.2) is 0 Å². The van der Waals surface area contributed by atoms with Gasteiger partial charge in [-0.2, -0.15) is 0 Å². The van der Waals surface area contributed by atoms with Crippen LogP contribution in [0.2, 0.25) is 0 Å². The highest BCUT2D eigenvalue weighted by Crippen LogP contribution is 2.13. The van der Waals surface area contributed by atoms with Crippen molar-refractivity contribution in [3.05, 3.63) is 0 Å². The zero-order chi connectivity index (χ0) is 11.4. The molecular weight excluding hydrogens is 214 g/mol. The Morgan fingerprint density at radius 2 is 2.40 bits per heavy atom. The summed E-state index contributed by atoms with van der Waals surface area (Å²) >= 11 is 1.13. The Hall–Kier alpha value is -0.750. The Balaban J connectivity index is 2.44. The maximum Gasteiger partial charge on any atom is 0.279 e.